The number of fused-ring (bicyclic) bond motifs is 28. The SMILES string of the molecule is c1cc(-c2ccc3c(c2)c2ccccc2c2nccnc32)cc(-n2c3ccccc3c3cc(-c4ccc5c(c4)C4(c6ccccc6-c6ccccc64)c4ccccc4-5)ccc32)c1.c1ccc(-c2ccc(-c3ccc4c(c3)c3ccccc3n4-c3cccc(-c4ccc5c(c4)c4ccccc4c4nccnc54)c3)cc2)cc1. The summed E-state index contributed by atoms with van der Waals surface area (Å²) >= 11 is 0. The van der Waals surface area contributed by atoms with Crippen LogP contribution in [0.5, 0.6) is 0 Å². The van der Waals surface area contributed by atoms with Crippen LogP contribution in [0.2, 0.25) is 0 Å². The highest BCUT2D eigenvalue weighted by Crippen LogP contribution is 2.63. The summed E-state index contributed by atoms with van der Waals surface area (Å²) in [4.78, 5) is 19.0. The summed E-state index contributed by atoms with van der Waals surface area (Å²) in [5, 5.41) is 14.2. The Morgan fingerprint density at radius 2 is 0.468 bits per heavy atom. The van der Waals surface area contributed by atoms with Crippen LogP contribution in [0.3, 0.4) is 0 Å². The molecule has 0 saturated heterocycles. The van der Waals surface area contributed by atoms with Gasteiger partial charge >= 0.3 is 0 Å². The second-order valence-electron chi connectivity index (χ2n) is 29.5. The minimum atomic E-state index is -0.375. The summed E-state index contributed by atoms with van der Waals surface area (Å²) in [6.07, 6.45) is 7.13. The Bertz CT molecular complexity index is 7520. The van der Waals surface area contributed by atoms with Crippen LogP contribution in [0.4, 0.5) is 0 Å². The fourth-order valence-electron chi connectivity index (χ4n) is 18.9. The second-order valence-corrected chi connectivity index (χ2v) is 29.5. The highest BCUT2D eigenvalue weighted by molar-refractivity contribution is 6.25. The van der Waals surface area contributed by atoms with Crippen molar-refractivity contribution in [3.63, 3.8) is 0 Å². The molecule has 6 heteroatoms. The molecular weight excluding hydrogens is 1350 g/mol. The Morgan fingerprint density at radius 1 is 0.171 bits per heavy atom. The van der Waals surface area contributed by atoms with Crippen LogP contribution in [0.1, 0.15) is 22.3 Å². The van der Waals surface area contributed by atoms with E-state index in [1.54, 1.807) is 24.8 Å². The van der Waals surface area contributed by atoms with Crippen LogP contribution < -0.4 is 0 Å². The van der Waals surface area contributed by atoms with Gasteiger partial charge in [-0.15, -0.1) is 0 Å². The van der Waals surface area contributed by atoms with E-state index in [-0.39, 0.29) is 5.41 Å². The smallest absolute Gasteiger partial charge is 0.0971 e. The highest BCUT2D eigenvalue weighted by Gasteiger charge is 2.51. The largest absolute Gasteiger partial charge is 0.309 e. The van der Waals surface area contributed by atoms with Gasteiger partial charge in [0.15, 0.2) is 0 Å². The standard InChI is InChI=1S/C59H35N3.C46H29N3/c1-2-19-47-41(14-1)49-33-37(25-28-48(49)58-57(47)60-30-31-61-58)36-12-11-13-40(32-36)62-55-23-10-6-18-46(55)50-34-38(26-29-56(50)62)39-24-27-45-44-17-5-9-22-53(44)59(54(45)35-39)51-20-7-3-15-42(51)43-16-4-8-21-52(43)59;1-2-9-30(10-3-1)31-17-19-32(20-18-31)34-22-24-44-42(29-34)38-14-6-7-16-43(38)49(44)36-12-8-11-33(27-36)35-21-23-40-41(28-35)37-13-4-5-15-39(37)45-46(40)48-26-25-47-45/h1-35H;1-29H. The Balaban J connectivity index is 0.000000137. The van der Waals surface area contributed by atoms with Gasteiger partial charge in [-0.1, -0.05) is 285 Å². The van der Waals surface area contributed by atoms with Crippen LogP contribution in [-0.4, -0.2) is 29.1 Å². The number of rotatable bonds is 7. The number of hydrogen-bond acceptors (Lipinski definition) is 4. The molecule has 0 radical (unpaired) electrons. The van der Waals surface area contributed by atoms with Crippen molar-refractivity contribution >= 4 is 109 Å². The van der Waals surface area contributed by atoms with Crippen molar-refractivity contribution in [2.24, 2.45) is 0 Å². The predicted molar refractivity (Wildman–Crippen MR) is 461 cm³/mol. The van der Waals surface area contributed by atoms with Crippen molar-refractivity contribution in [3.05, 3.63) is 411 Å². The van der Waals surface area contributed by atoms with Crippen molar-refractivity contribution < 1.29 is 0 Å². The first-order chi connectivity index (χ1) is 55.1. The number of benzene rings is 18. The van der Waals surface area contributed by atoms with Crippen molar-refractivity contribution in [2.75, 3.05) is 0 Å². The molecule has 0 atom stereocenters. The van der Waals surface area contributed by atoms with Gasteiger partial charge in [0.2, 0.25) is 0 Å². The van der Waals surface area contributed by atoms with Gasteiger partial charge in [0.05, 0.1) is 49.5 Å². The van der Waals surface area contributed by atoms with E-state index in [0.717, 1.165) is 55.0 Å². The molecule has 514 valence electrons. The van der Waals surface area contributed by atoms with E-state index < -0.39 is 0 Å². The molecule has 0 amide bonds. The molecule has 4 heterocycles. The van der Waals surface area contributed by atoms with Crippen molar-refractivity contribution in [1.82, 2.24) is 29.1 Å². The first kappa shape index (κ1) is 62.5. The lowest BCUT2D eigenvalue weighted by Crippen LogP contribution is -2.25. The summed E-state index contributed by atoms with van der Waals surface area (Å²) in [6, 6.07) is 134. The average molecular weight is 1410 g/mol. The fraction of sp³-hybridized carbons (Fsp3) is 0.00952. The van der Waals surface area contributed by atoms with Gasteiger partial charge in [-0.3, -0.25) is 19.9 Å². The first-order valence-electron chi connectivity index (χ1n) is 38.0. The Hall–Kier alpha value is -14.7. The maximum atomic E-state index is 4.78. The van der Waals surface area contributed by atoms with E-state index in [9.17, 15) is 0 Å². The molecule has 0 saturated carbocycles. The van der Waals surface area contributed by atoms with Gasteiger partial charge < -0.3 is 9.13 Å². The lowest BCUT2D eigenvalue weighted by atomic mass is 9.70. The minimum absolute atomic E-state index is 0.375. The summed E-state index contributed by atoms with van der Waals surface area (Å²) < 4.78 is 4.83. The monoisotopic (exact) mass is 1410 g/mol. The molecule has 0 bridgehead atoms. The molecule has 0 N–H and O–H groups in total. The molecule has 0 unspecified atom stereocenters. The van der Waals surface area contributed by atoms with Crippen molar-refractivity contribution in [2.45, 2.75) is 5.41 Å². The number of para-hydroxylation sites is 2. The molecule has 2 aliphatic carbocycles. The number of hydrogen-bond donors (Lipinski definition) is 0. The van der Waals surface area contributed by atoms with E-state index >= 15 is 0 Å². The Kier molecular flexibility index (Phi) is 13.9. The quantitative estimate of drug-likeness (QED) is 0.149. The van der Waals surface area contributed by atoms with Gasteiger partial charge in [0.25, 0.3) is 0 Å². The third kappa shape index (κ3) is 9.51. The van der Waals surface area contributed by atoms with Crippen molar-refractivity contribution in [1.29, 1.82) is 0 Å². The third-order valence-corrected chi connectivity index (χ3v) is 23.8. The molecule has 22 aromatic rings. The van der Waals surface area contributed by atoms with Gasteiger partial charge in [0, 0.05) is 79.3 Å². The molecule has 24 rings (SSSR count). The van der Waals surface area contributed by atoms with E-state index in [2.05, 4.69) is 373 Å². The maximum absolute atomic E-state index is 4.78. The molecule has 18 aromatic carbocycles. The van der Waals surface area contributed by atoms with Gasteiger partial charge in [-0.25, -0.2) is 0 Å². The van der Waals surface area contributed by atoms with E-state index in [4.69, 9.17) is 19.9 Å². The zero-order chi connectivity index (χ0) is 72.8. The molecule has 111 heavy (non-hydrogen) atoms. The highest BCUT2D eigenvalue weighted by atomic mass is 15.0. The van der Waals surface area contributed by atoms with Gasteiger partial charge in [0.1, 0.15) is 0 Å². The lowest BCUT2D eigenvalue weighted by molar-refractivity contribution is 0.794. The minimum Gasteiger partial charge on any atom is -0.309 e. The molecule has 1 spiro atoms. The normalized spacial score (nSPS) is 12.6. The number of aromatic nitrogens is 6. The molecule has 6 nitrogen and oxygen atoms in total. The van der Waals surface area contributed by atoms with Crippen LogP contribution in [0, 0.1) is 0 Å². The molecule has 0 fully saturated rings. The summed E-state index contributed by atoms with van der Waals surface area (Å²) in [7, 11) is 0. The Labute approximate surface area is 639 Å². The third-order valence-electron chi connectivity index (χ3n) is 23.8. The zero-order valence-corrected chi connectivity index (χ0v) is 60.1. The second kappa shape index (κ2) is 24.7. The molecule has 0 aliphatic heterocycles. The molecule has 2 aliphatic rings. The van der Waals surface area contributed by atoms with E-state index in [1.165, 1.54) is 165 Å². The zero-order valence-electron chi connectivity index (χ0n) is 60.1. The van der Waals surface area contributed by atoms with Crippen LogP contribution >= 0.6 is 0 Å². The summed E-state index contributed by atoms with van der Waals surface area (Å²) in [6.45, 7) is 0. The van der Waals surface area contributed by atoms with Gasteiger partial charge in [-0.2, -0.15) is 0 Å². The first-order valence-corrected chi connectivity index (χ1v) is 38.0. The molecule has 4 aromatic heterocycles. The fourth-order valence-corrected chi connectivity index (χ4v) is 18.9. The van der Waals surface area contributed by atoms with Gasteiger partial charge in [-0.05, 0) is 201 Å². The van der Waals surface area contributed by atoms with E-state index in [0.29, 0.717) is 0 Å². The van der Waals surface area contributed by atoms with Crippen LogP contribution in [-0.2, 0) is 5.41 Å². The van der Waals surface area contributed by atoms with Crippen molar-refractivity contribution in [3.8, 4) is 89.3 Å². The summed E-state index contributed by atoms with van der Waals surface area (Å²) in [5.74, 6) is 0. The summed E-state index contributed by atoms with van der Waals surface area (Å²) in [5.41, 5.74) is 33.1. The maximum Gasteiger partial charge on any atom is 0.0971 e. The van der Waals surface area contributed by atoms with E-state index in [1.807, 2.05) is 0 Å². The number of nitrogens with zero attached hydrogens (tertiary/aromatic N) is 6. The lowest BCUT2D eigenvalue weighted by Gasteiger charge is -2.30. The average Bonchev–Trinajstić information content (AvgIpc) is 1.53. The topological polar surface area (TPSA) is 61.4 Å². The van der Waals surface area contributed by atoms with Crippen LogP contribution in [0.25, 0.3) is 198 Å². The predicted octanol–water partition coefficient (Wildman–Crippen LogP) is 26.7. The Morgan fingerprint density at radius 3 is 0.937 bits per heavy atom. The van der Waals surface area contributed by atoms with Crippen LogP contribution in [0.15, 0.2) is 389 Å². The molecular formula is C105H64N6.